The van der Waals surface area contributed by atoms with Crippen LogP contribution in [0, 0.1) is 0 Å². The molecule has 0 spiro atoms. The van der Waals surface area contributed by atoms with E-state index in [2.05, 4.69) is 4.99 Å². The lowest BCUT2D eigenvalue weighted by atomic mass is 10.1. The number of rotatable bonds is 8. The number of amides is 1. The molecule has 0 aromatic heterocycles. The molecule has 2 aromatic carbocycles. The van der Waals surface area contributed by atoms with Gasteiger partial charge in [0.2, 0.25) is 0 Å². The first kappa shape index (κ1) is 24.0. The molecule has 1 heterocycles. The Morgan fingerprint density at radius 1 is 1.12 bits per heavy atom. The Bertz CT molecular complexity index is 1040. The van der Waals surface area contributed by atoms with Crippen LogP contribution < -0.4 is 14.2 Å². The summed E-state index contributed by atoms with van der Waals surface area (Å²) in [6, 6.07) is 10.8. The highest BCUT2D eigenvalue weighted by molar-refractivity contribution is 8.18. The van der Waals surface area contributed by atoms with E-state index in [1.54, 1.807) is 32.4 Å². The van der Waals surface area contributed by atoms with Crippen molar-refractivity contribution in [1.82, 2.24) is 4.90 Å². The van der Waals surface area contributed by atoms with E-state index in [0.29, 0.717) is 37.8 Å². The number of carbonyl (C=O) groups excluding carboxylic acids is 1. The normalized spacial score (nSPS) is 16.3. The van der Waals surface area contributed by atoms with E-state index in [0.717, 1.165) is 5.75 Å². The number of nitrogens with zero attached hydrogens (tertiary/aromatic N) is 2. The number of ether oxygens (including phenoxy) is 4. The molecule has 1 fully saturated rings. The molecule has 0 radical (unpaired) electrons. The quantitative estimate of drug-likeness (QED) is 0.478. The average Bonchev–Trinajstić information content (AvgIpc) is 3.04. The van der Waals surface area contributed by atoms with Gasteiger partial charge in [0.25, 0.3) is 5.91 Å². The van der Waals surface area contributed by atoms with Crippen LogP contribution in [0.15, 0.2) is 46.3 Å². The molecule has 1 aliphatic rings. The third kappa shape index (κ3) is 5.56. The topological polar surface area (TPSA) is 69.6 Å². The van der Waals surface area contributed by atoms with Gasteiger partial charge in [-0.25, -0.2) is 4.99 Å². The van der Waals surface area contributed by atoms with E-state index in [4.69, 9.17) is 30.5 Å². The average molecular weight is 477 g/mol. The molecule has 0 N–H and O–H groups in total. The van der Waals surface area contributed by atoms with E-state index in [-0.39, 0.29) is 18.7 Å². The summed E-state index contributed by atoms with van der Waals surface area (Å²) in [5, 5.41) is 0.923. The van der Waals surface area contributed by atoms with Gasteiger partial charge < -0.3 is 18.9 Å². The summed E-state index contributed by atoms with van der Waals surface area (Å²) < 4.78 is 21.6. The van der Waals surface area contributed by atoms with Crippen LogP contribution in [0.5, 0.6) is 17.2 Å². The lowest BCUT2D eigenvalue weighted by molar-refractivity contribution is -0.125. The largest absolute Gasteiger partial charge is 0.497 e. The molecule has 1 saturated heterocycles. The van der Waals surface area contributed by atoms with Gasteiger partial charge in [0, 0.05) is 7.11 Å². The summed E-state index contributed by atoms with van der Waals surface area (Å²) in [5.41, 5.74) is 1.41. The van der Waals surface area contributed by atoms with Gasteiger partial charge in [0.05, 0.1) is 35.9 Å². The zero-order valence-electron chi connectivity index (χ0n) is 18.5. The predicted octanol–water partition coefficient (Wildman–Crippen LogP) is 5.35. The molecule has 0 bridgehead atoms. The molecule has 32 heavy (non-hydrogen) atoms. The Balaban J connectivity index is 1.94. The summed E-state index contributed by atoms with van der Waals surface area (Å²) in [4.78, 5) is 19.6. The molecule has 2 aromatic rings. The van der Waals surface area contributed by atoms with E-state index in [1.165, 1.54) is 23.8 Å². The van der Waals surface area contributed by atoms with Crippen molar-refractivity contribution in [2.45, 2.75) is 20.0 Å². The SMILES string of the molecule is COCN1C(=O)/C(=C\c2cc(Cl)c(OC(C)C)c(OC)c2)SC1=Nc1ccc(OC)cc1. The standard InChI is InChI=1S/C23H25ClN2O5S/c1-14(2)31-21-18(24)10-15(11-19(21)30-5)12-20-22(27)26(13-28-3)23(32-20)25-16-6-8-17(29-4)9-7-16/h6-12,14H,13H2,1-5H3/b20-12+,25-23?. The van der Waals surface area contributed by atoms with Gasteiger partial charge in [-0.3, -0.25) is 9.69 Å². The van der Waals surface area contributed by atoms with Gasteiger partial charge in [-0.1, -0.05) is 11.6 Å². The van der Waals surface area contributed by atoms with Crippen LogP contribution in [-0.2, 0) is 9.53 Å². The maximum absolute atomic E-state index is 13.0. The van der Waals surface area contributed by atoms with Gasteiger partial charge in [0.15, 0.2) is 16.7 Å². The van der Waals surface area contributed by atoms with E-state index >= 15 is 0 Å². The third-order valence-electron chi connectivity index (χ3n) is 4.35. The fraction of sp³-hybridized carbons (Fsp3) is 0.304. The highest BCUT2D eigenvalue weighted by Crippen LogP contribution is 2.40. The van der Waals surface area contributed by atoms with Crippen molar-refractivity contribution >= 4 is 46.2 Å². The van der Waals surface area contributed by atoms with E-state index < -0.39 is 0 Å². The minimum Gasteiger partial charge on any atom is -0.497 e. The summed E-state index contributed by atoms with van der Waals surface area (Å²) in [7, 11) is 4.68. The molecule has 0 atom stereocenters. The fourth-order valence-electron chi connectivity index (χ4n) is 2.93. The van der Waals surface area contributed by atoms with Crippen LogP contribution in [0.3, 0.4) is 0 Å². The molecule has 7 nitrogen and oxygen atoms in total. The van der Waals surface area contributed by atoms with E-state index in [1.807, 2.05) is 38.1 Å². The van der Waals surface area contributed by atoms with Crippen LogP contribution in [0.1, 0.15) is 19.4 Å². The van der Waals surface area contributed by atoms with Gasteiger partial charge in [-0.05, 0) is 73.6 Å². The van der Waals surface area contributed by atoms with Crippen molar-refractivity contribution in [3.05, 3.63) is 51.9 Å². The number of hydrogen-bond acceptors (Lipinski definition) is 7. The zero-order chi connectivity index (χ0) is 23.3. The van der Waals surface area contributed by atoms with Gasteiger partial charge in [-0.2, -0.15) is 0 Å². The molecular formula is C23H25ClN2O5S. The lowest BCUT2D eigenvalue weighted by Crippen LogP contribution is -2.30. The Kier molecular flexibility index (Phi) is 8.06. The Hall–Kier alpha value is -2.68. The highest BCUT2D eigenvalue weighted by atomic mass is 35.5. The van der Waals surface area contributed by atoms with Crippen LogP contribution in [0.25, 0.3) is 6.08 Å². The van der Waals surface area contributed by atoms with Gasteiger partial charge in [-0.15, -0.1) is 0 Å². The molecule has 0 aliphatic carbocycles. The predicted molar refractivity (Wildman–Crippen MR) is 128 cm³/mol. The number of benzene rings is 2. The molecule has 1 amide bonds. The van der Waals surface area contributed by atoms with Crippen LogP contribution in [-0.4, -0.2) is 50.1 Å². The first-order chi connectivity index (χ1) is 15.4. The first-order valence-corrected chi connectivity index (χ1v) is 11.0. The van der Waals surface area contributed by atoms with Crippen molar-refractivity contribution < 1.29 is 23.7 Å². The molecular weight excluding hydrogens is 452 g/mol. The number of methoxy groups -OCH3 is 3. The van der Waals surface area contributed by atoms with Crippen LogP contribution in [0.4, 0.5) is 5.69 Å². The lowest BCUT2D eigenvalue weighted by Gasteiger charge is -2.15. The second kappa shape index (κ2) is 10.8. The maximum Gasteiger partial charge on any atom is 0.268 e. The molecule has 1 aliphatic heterocycles. The summed E-state index contributed by atoms with van der Waals surface area (Å²) in [6.07, 6.45) is 1.69. The van der Waals surface area contributed by atoms with Crippen molar-refractivity contribution in [2.24, 2.45) is 4.99 Å². The summed E-state index contributed by atoms with van der Waals surface area (Å²) >= 11 is 7.69. The van der Waals surface area contributed by atoms with Crippen molar-refractivity contribution in [3.63, 3.8) is 0 Å². The molecule has 170 valence electrons. The van der Waals surface area contributed by atoms with Crippen molar-refractivity contribution in [2.75, 3.05) is 28.1 Å². The van der Waals surface area contributed by atoms with E-state index in [9.17, 15) is 4.79 Å². The van der Waals surface area contributed by atoms with Crippen molar-refractivity contribution in [1.29, 1.82) is 0 Å². The number of hydrogen-bond donors (Lipinski definition) is 0. The second-order valence-corrected chi connectivity index (χ2v) is 8.47. The zero-order valence-corrected chi connectivity index (χ0v) is 20.1. The number of halogens is 1. The maximum atomic E-state index is 13.0. The Morgan fingerprint density at radius 3 is 2.44 bits per heavy atom. The minimum atomic E-state index is -0.207. The number of carbonyl (C=O) groups is 1. The van der Waals surface area contributed by atoms with Crippen LogP contribution >= 0.6 is 23.4 Å². The molecule has 9 heteroatoms. The second-order valence-electron chi connectivity index (χ2n) is 7.05. The number of aliphatic imine (C=N–C) groups is 1. The van der Waals surface area contributed by atoms with Crippen LogP contribution in [0.2, 0.25) is 5.02 Å². The Labute approximate surface area is 197 Å². The summed E-state index contributed by atoms with van der Waals surface area (Å²) in [5.74, 6) is 1.49. The Morgan fingerprint density at radius 2 is 1.84 bits per heavy atom. The fourth-order valence-corrected chi connectivity index (χ4v) is 4.18. The van der Waals surface area contributed by atoms with Gasteiger partial charge >= 0.3 is 0 Å². The highest BCUT2D eigenvalue weighted by Gasteiger charge is 2.33. The monoisotopic (exact) mass is 476 g/mol. The summed E-state index contributed by atoms with van der Waals surface area (Å²) in [6.45, 7) is 3.91. The molecule has 0 unspecified atom stereocenters. The first-order valence-electron chi connectivity index (χ1n) is 9.83. The van der Waals surface area contributed by atoms with Crippen molar-refractivity contribution in [3.8, 4) is 17.2 Å². The number of thioether (sulfide) groups is 1. The smallest absolute Gasteiger partial charge is 0.268 e. The van der Waals surface area contributed by atoms with Gasteiger partial charge in [0.1, 0.15) is 12.5 Å². The number of amidine groups is 1. The molecule has 3 rings (SSSR count). The third-order valence-corrected chi connectivity index (χ3v) is 5.63. The minimum absolute atomic E-state index is 0.0584. The molecule has 0 saturated carbocycles.